The number of halogens is 2. The number of rotatable bonds is 9. The Balaban J connectivity index is 1.45. The minimum absolute atomic E-state index is 0.146. The van der Waals surface area contributed by atoms with Crippen molar-refractivity contribution >= 4 is 53.2 Å². The van der Waals surface area contributed by atoms with E-state index < -0.39 is 8.32 Å². The first-order chi connectivity index (χ1) is 17.9. The number of nitrogens with zero attached hydrogens (tertiary/aromatic N) is 4. The van der Waals surface area contributed by atoms with Crippen molar-refractivity contribution in [3.8, 4) is 11.5 Å². The van der Waals surface area contributed by atoms with Gasteiger partial charge in [0.15, 0.2) is 26.0 Å². The quantitative estimate of drug-likeness (QED) is 0.264. The lowest BCUT2D eigenvalue weighted by Gasteiger charge is -2.36. The van der Waals surface area contributed by atoms with E-state index in [2.05, 4.69) is 70.9 Å². The van der Waals surface area contributed by atoms with Crippen molar-refractivity contribution < 1.29 is 13.9 Å². The minimum atomic E-state index is -1.87. The van der Waals surface area contributed by atoms with Gasteiger partial charge in [-0.25, -0.2) is 9.98 Å². The van der Waals surface area contributed by atoms with Gasteiger partial charge >= 0.3 is 0 Å². The number of nitrogens with two attached hydrogens (primary N) is 1. The van der Waals surface area contributed by atoms with E-state index in [-0.39, 0.29) is 22.4 Å². The summed E-state index contributed by atoms with van der Waals surface area (Å²) in [5, 5.41) is 6.67. The van der Waals surface area contributed by atoms with E-state index >= 15 is 0 Å². The predicted octanol–water partition coefficient (Wildman–Crippen LogP) is 6.27. The van der Waals surface area contributed by atoms with Gasteiger partial charge in [0.2, 0.25) is 5.29 Å². The van der Waals surface area contributed by atoms with E-state index in [4.69, 9.17) is 31.2 Å². The molecule has 0 saturated heterocycles. The molecule has 0 bridgehead atoms. The molecule has 0 aliphatic carbocycles. The lowest BCUT2D eigenvalue weighted by atomic mass is 10.1. The molecule has 0 saturated carbocycles. The normalized spacial score (nSPS) is 19.2. The average molecular weight is 621 g/mol. The molecule has 0 radical (unpaired) electrons. The van der Waals surface area contributed by atoms with E-state index in [9.17, 15) is 0 Å². The van der Waals surface area contributed by atoms with E-state index in [1.54, 1.807) is 13.3 Å². The van der Waals surface area contributed by atoms with Crippen molar-refractivity contribution in [2.45, 2.75) is 64.8 Å². The van der Waals surface area contributed by atoms with Crippen molar-refractivity contribution in [3.05, 3.63) is 57.6 Å². The fraction of sp³-hybridized carbons (Fsp3) is 0.444. The molecule has 0 aromatic heterocycles. The highest BCUT2D eigenvalue weighted by atomic mass is 79.9. The van der Waals surface area contributed by atoms with Gasteiger partial charge in [0.05, 0.1) is 26.2 Å². The monoisotopic (exact) mass is 619 g/mol. The lowest BCUT2D eigenvalue weighted by molar-refractivity contribution is 0.214. The number of amidine groups is 2. The molecule has 0 fully saturated rings. The van der Waals surface area contributed by atoms with Crippen LogP contribution in [0.1, 0.15) is 37.5 Å². The van der Waals surface area contributed by atoms with Crippen LogP contribution in [0.5, 0.6) is 11.5 Å². The molecular weight excluding hydrogens is 586 g/mol. The van der Waals surface area contributed by atoms with E-state index in [1.165, 1.54) is 0 Å². The zero-order valence-corrected chi connectivity index (χ0v) is 26.0. The first kappa shape index (κ1) is 28.6. The summed E-state index contributed by atoms with van der Waals surface area (Å²) in [6.07, 6.45) is 1.48. The van der Waals surface area contributed by atoms with Crippen molar-refractivity contribution in [3.63, 3.8) is 0 Å². The summed E-state index contributed by atoms with van der Waals surface area (Å²) in [6, 6.07) is 12.1. The van der Waals surface area contributed by atoms with Crippen molar-refractivity contribution in [1.82, 2.24) is 5.01 Å². The maximum atomic E-state index is 6.41. The van der Waals surface area contributed by atoms with Crippen LogP contribution in [0.2, 0.25) is 18.1 Å². The fourth-order valence-corrected chi connectivity index (χ4v) is 5.42. The molecule has 2 atom stereocenters. The van der Waals surface area contributed by atoms with Crippen molar-refractivity contribution in [2.75, 3.05) is 7.11 Å². The molecule has 204 valence electrons. The maximum absolute atomic E-state index is 6.41. The second kappa shape index (κ2) is 11.4. The van der Waals surface area contributed by atoms with Crippen LogP contribution < -0.4 is 15.2 Å². The summed E-state index contributed by atoms with van der Waals surface area (Å²) in [7, 11) is -0.222. The molecule has 0 amide bonds. The number of benzene rings is 2. The maximum Gasteiger partial charge on any atom is 0.221 e. The molecule has 2 aliphatic heterocycles. The number of methoxy groups -OCH3 is 1. The Kier molecular flexibility index (Phi) is 8.56. The summed E-state index contributed by atoms with van der Waals surface area (Å²) < 4.78 is 19.2. The first-order valence-electron chi connectivity index (χ1n) is 12.5. The Bertz CT molecular complexity index is 1280. The zero-order chi connectivity index (χ0) is 27.7. The Morgan fingerprint density at radius 1 is 1.08 bits per heavy atom. The van der Waals surface area contributed by atoms with Crippen LogP contribution in [0.25, 0.3) is 0 Å². The van der Waals surface area contributed by atoms with Gasteiger partial charge in [-0.1, -0.05) is 48.8 Å². The van der Waals surface area contributed by atoms with Gasteiger partial charge in [-0.2, -0.15) is 5.10 Å². The summed E-state index contributed by atoms with van der Waals surface area (Å²) in [5.41, 5.74) is 9.13. The third-order valence-corrected chi connectivity index (χ3v) is 12.7. The van der Waals surface area contributed by atoms with E-state index in [0.29, 0.717) is 37.1 Å². The van der Waals surface area contributed by atoms with E-state index in [0.717, 1.165) is 21.2 Å². The van der Waals surface area contributed by atoms with Gasteiger partial charge in [-0.15, -0.1) is 0 Å². The van der Waals surface area contributed by atoms with Gasteiger partial charge in [-0.05, 0) is 65.1 Å². The summed E-state index contributed by atoms with van der Waals surface area (Å²) in [5.74, 6) is 1.61. The van der Waals surface area contributed by atoms with Gasteiger partial charge < -0.3 is 19.6 Å². The molecule has 2 aromatic carbocycles. The Morgan fingerprint density at radius 3 is 2.53 bits per heavy atom. The van der Waals surface area contributed by atoms with Gasteiger partial charge in [-0.3, -0.25) is 5.01 Å². The summed E-state index contributed by atoms with van der Waals surface area (Å²) in [4.78, 5) is 8.47. The third-order valence-electron chi connectivity index (χ3n) is 7.28. The summed E-state index contributed by atoms with van der Waals surface area (Å²) in [6.45, 7) is 12.7. The Morgan fingerprint density at radius 2 is 1.82 bits per heavy atom. The number of aliphatic imine (C=N–C) groups is 2. The van der Waals surface area contributed by atoms with Crippen molar-refractivity contribution in [1.29, 1.82) is 0 Å². The SMILES string of the molecule is COc1ccc(CO[Si](C)(C)C(C)(C)C)cc1OCc1cc(CN2N=CC3C(N)=NC(Cl)=NC32)ccc1Br. The minimum Gasteiger partial charge on any atom is -0.493 e. The molecule has 11 heteroatoms. The number of hydrogen-bond acceptors (Lipinski definition) is 8. The van der Waals surface area contributed by atoms with Crippen LogP contribution in [-0.2, 0) is 24.2 Å². The highest BCUT2D eigenvalue weighted by molar-refractivity contribution is 9.10. The van der Waals surface area contributed by atoms with Crippen LogP contribution >= 0.6 is 27.5 Å². The van der Waals surface area contributed by atoms with Crippen LogP contribution in [0, 0.1) is 5.92 Å². The number of ether oxygens (including phenoxy) is 2. The molecule has 2 heterocycles. The Hall–Kier alpha value is -2.40. The molecule has 8 nitrogen and oxygen atoms in total. The first-order valence-corrected chi connectivity index (χ1v) is 16.5. The van der Waals surface area contributed by atoms with Crippen LogP contribution in [0.4, 0.5) is 0 Å². The topological polar surface area (TPSA) is 94.0 Å². The van der Waals surface area contributed by atoms with Crippen LogP contribution in [0.15, 0.2) is 56.0 Å². The molecule has 2 N–H and O–H groups in total. The largest absolute Gasteiger partial charge is 0.493 e. The molecule has 2 aromatic rings. The highest BCUT2D eigenvalue weighted by Crippen LogP contribution is 2.38. The van der Waals surface area contributed by atoms with Crippen LogP contribution in [-0.4, -0.2) is 43.9 Å². The van der Waals surface area contributed by atoms with Crippen molar-refractivity contribution in [2.24, 2.45) is 26.7 Å². The predicted molar refractivity (Wildman–Crippen MR) is 160 cm³/mol. The molecule has 4 rings (SSSR count). The second-order valence-corrected chi connectivity index (χ2v) is 17.0. The standard InChI is InChI=1S/C27H35BrClN5O3Si/c1-27(2,3)38(5,6)37-15-18-8-10-22(35-4)23(12-18)36-16-19-11-17(7-9-21(19)28)14-34-25-20(13-31-34)24(30)32-26(29)33-25/h7-13,20,25H,14-16H2,1-6H3,(H2,30,32,33). The summed E-state index contributed by atoms with van der Waals surface area (Å²) >= 11 is 9.71. The zero-order valence-electron chi connectivity index (χ0n) is 22.7. The van der Waals surface area contributed by atoms with E-state index in [1.807, 2.05) is 35.3 Å². The number of hydrogen-bond donors (Lipinski definition) is 1. The molecular formula is C27H35BrClN5O3Si. The molecule has 2 unspecified atom stereocenters. The van der Waals surface area contributed by atoms with Gasteiger partial charge in [0.1, 0.15) is 12.4 Å². The molecule has 0 spiro atoms. The fourth-order valence-electron chi connectivity index (χ4n) is 3.90. The number of hydrazone groups is 1. The molecule has 38 heavy (non-hydrogen) atoms. The average Bonchev–Trinajstić information content (AvgIpc) is 3.25. The molecule has 2 aliphatic rings. The smallest absolute Gasteiger partial charge is 0.221 e. The highest BCUT2D eigenvalue weighted by Gasteiger charge is 2.37. The van der Waals surface area contributed by atoms with Gasteiger partial charge in [0.25, 0.3) is 0 Å². The lowest BCUT2D eigenvalue weighted by Crippen LogP contribution is -2.40. The van der Waals surface area contributed by atoms with Gasteiger partial charge in [0, 0.05) is 16.3 Å². The second-order valence-electron chi connectivity index (χ2n) is 11.0. The number of fused-ring (bicyclic) bond motifs is 1. The Labute approximate surface area is 239 Å². The third kappa shape index (κ3) is 6.42. The van der Waals surface area contributed by atoms with Crippen LogP contribution in [0.3, 0.4) is 0 Å².